The van der Waals surface area contributed by atoms with E-state index in [1.807, 2.05) is 0 Å². The lowest BCUT2D eigenvalue weighted by atomic mass is 9.76. The van der Waals surface area contributed by atoms with Crippen LogP contribution in [0.1, 0.15) is 59.8 Å². The molecular weight excluding hydrogens is 194 g/mol. The average molecular weight is 223 g/mol. The molecule has 2 bridgehead atoms. The summed E-state index contributed by atoms with van der Waals surface area (Å²) in [5.41, 5.74) is 0.415. The second-order valence-electron chi connectivity index (χ2n) is 7.15. The van der Waals surface area contributed by atoms with Crippen LogP contribution in [-0.4, -0.2) is 12.6 Å². The first-order valence-corrected chi connectivity index (χ1v) is 7.24. The molecule has 16 heavy (non-hydrogen) atoms. The minimum Gasteiger partial charge on any atom is -0.314 e. The fourth-order valence-electron chi connectivity index (χ4n) is 3.96. The van der Waals surface area contributed by atoms with Crippen LogP contribution >= 0.6 is 0 Å². The molecule has 2 rings (SSSR count). The zero-order valence-electron chi connectivity index (χ0n) is 11.6. The van der Waals surface area contributed by atoms with Crippen LogP contribution in [0.4, 0.5) is 0 Å². The predicted octanol–water partition coefficient (Wildman–Crippen LogP) is 3.84. The van der Waals surface area contributed by atoms with E-state index in [1.54, 1.807) is 6.42 Å². The van der Waals surface area contributed by atoms with Crippen molar-refractivity contribution in [2.24, 2.45) is 23.2 Å². The molecule has 2 saturated carbocycles. The normalized spacial score (nSPS) is 35.6. The Morgan fingerprint density at radius 1 is 1.19 bits per heavy atom. The number of nitrogens with one attached hydrogen (secondary N) is 1. The van der Waals surface area contributed by atoms with Gasteiger partial charge in [-0.2, -0.15) is 0 Å². The molecule has 2 fully saturated rings. The maximum Gasteiger partial charge on any atom is 0.0118 e. The molecule has 4 atom stereocenters. The van der Waals surface area contributed by atoms with Crippen LogP contribution in [0, 0.1) is 23.2 Å². The molecular formula is C15H29N. The van der Waals surface area contributed by atoms with Gasteiger partial charge in [-0.05, 0) is 55.4 Å². The van der Waals surface area contributed by atoms with Gasteiger partial charge in [-0.3, -0.25) is 0 Å². The third kappa shape index (κ3) is 2.61. The highest BCUT2D eigenvalue weighted by molar-refractivity contribution is 4.93. The Morgan fingerprint density at radius 3 is 2.38 bits per heavy atom. The van der Waals surface area contributed by atoms with Crippen molar-refractivity contribution in [1.82, 2.24) is 5.32 Å². The third-order valence-corrected chi connectivity index (χ3v) is 4.92. The summed E-state index contributed by atoms with van der Waals surface area (Å²) in [6.07, 6.45) is 7.55. The van der Waals surface area contributed by atoms with Crippen molar-refractivity contribution in [3.63, 3.8) is 0 Å². The topological polar surface area (TPSA) is 12.0 Å². The fraction of sp³-hybridized carbons (Fsp3) is 1.00. The zero-order chi connectivity index (χ0) is 11.8. The second kappa shape index (κ2) is 4.68. The molecule has 0 spiro atoms. The van der Waals surface area contributed by atoms with E-state index in [0.29, 0.717) is 11.5 Å². The average Bonchev–Trinajstić information content (AvgIpc) is 2.76. The number of hydrogen-bond acceptors (Lipinski definition) is 1. The minimum atomic E-state index is 0.415. The molecule has 2 aliphatic carbocycles. The molecule has 0 aromatic rings. The molecule has 0 aromatic carbocycles. The van der Waals surface area contributed by atoms with E-state index in [4.69, 9.17) is 0 Å². The summed E-state index contributed by atoms with van der Waals surface area (Å²) in [6, 6.07) is 0.710. The van der Waals surface area contributed by atoms with Gasteiger partial charge in [-0.25, -0.2) is 0 Å². The molecule has 0 aliphatic heterocycles. The summed E-state index contributed by atoms with van der Waals surface area (Å²) in [4.78, 5) is 0. The highest BCUT2D eigenvalue weighted by atomic mass is 14.9. The van der Waals surface area contributed by atoms with Crippen molar-refractivity contribution < 1.29 is 0 Å². The summed E-state index contributed by atoms with van der Waals surface area (Å²) in [5.74, 6) is 3.20. The van der Waals surface area contributed by atoms with Crippen LogP contribution in [-0.2, 0) is 0 Å². The maximum atomic E-state index is 3.71. The Labute approximate surface area is 101 Å². The van der Waals surface area contributed by atoms with Crippen LogP contribution in [0.2, 0.25) is 0 Å². The Kier molecular flexibility index (Phi) is 3.63. The van der Waals surface area contributed by atoms with E-state index in [9.17, 15) is 0 Å². The molecule has 1 nitrogen and oxygen atoms in total. The molecule has 0 heterocycles. The second-order valence-corrected chi connectivity index (χ2v) is 7.15. The smallest absolute Gasteiger partial charge is 0.0118 e. The lowest BCUT2D eigenvalue weighted by molar-refractivity contribution is 0.195. The number of hydrogen-bond donors (Lipinski definition) is 1. The number of fused-ring (bicyclic) bond motifs is 2. The van der Waals surface area contributed by atoms with E-state index < -0.39 is 0 Å². The van der Waals surface area contributed by atoms with Gasteiger partial charge in [0.05, 0.1) is 0 Å². The molecule has 1 N–H and O–H groups in total. The lowest BCUT2D eigenvalue weighted by Gasteiger charge is -2.35. The fourth-order valence-corrected chi connectivity index (χ4v) is 3.96. The Morgan fingerprint density at radius 2 is 1.94 bits per heavy atom. The molecule has 0 saturated heterocycles. The van der Waals surface area contributed by atoms with Gasteiger partial charge in [0.25, 0.3) is 0 Å². The highest BCUT2D eigenvalue weighted by Crippen LogP contribution is 2.50. The van der Waals surface area contributed by atoms with Gasteiger partial charge in [-0.1, -0.05) is 34.1 Å². The predicted molar refractivity (Wildman–Crippen MR) is 70.5 cm³/mol. The molecule has 0 aromatic heterocycles. The monoisotopic (exact) mass is 223 g/mol. The summed E-state index contributed by atoms with van der Waals surface area (Å²) >= 11 is 0. The SMILES string of the molecule is CCNC(CC1CC2CCC1C2)C(C)(C)C. The standard InChI is InChI=1S/C15H29N/c1-5-16-14(15(2,3)4)10-13-9-11-6-7-12(13)8-11/h11-14,16H,5-10H2,1-4H3. The third-order valence-electron chi connectivity index (χ3n) is 4.92. The minimum absolute atomic E-state index is 0.415. The summed E-state index contributed by atoms with van der Waals surface area (Å²) < 4.78 is 0. The van der Waals surface area contributed by atoms with Crippen LogP contribution in [0.5, 0.6) is 0 Å². The lowest BCUT2D eigenvalue weighted by Crippen LogP contribution is -2.42. The Bertz CT molecular complexity index is 228. The molecule has 94 valence electrons. The largest absolute Gasteiger partial charge is 0.314 e. The molecule has 0 radical (unpaired) electrons. The quantitative estimate of drug-likeness (QED) is 0.763. The first kappa shape index (κ1) is 12.4. The first-order chi connectivity index (χ1) is 7.50. The highest BCUT2D eigenvalue weighted by Gasteiger charge is 2.41. The van der Waals surface area contributed by atoms with E-state index in [0.717, 1.165) is 24.3 Å². The van der Waals surface area contributed by atoms with Crippen molar-refractivity contribution >= 4 is 0 Å². The summed E-state index contributed by atoms with van der Waals surface area (Å²) in [7, 11) is 0. The van der Waals surface area contributed by atoms with E-state index in [1.165, 1.54) is 25.7 Å². The van der Waals surface area contributed by atoms with Crippen LogP contribution in [0.15, 0.2) is 0 Å². The van der Waals surface area contributed by atoms with Crippen LogP contribution in [0.25, 0.3) is 0 Å². The van der Waals surface area contributed by atoms with Gasteiger partial charge in [0, 0.05) is 6.04 Å². The van der Waals surface area contributed by atoms with Crippen molar-refractivity contribution in [3.8, 4) is 0 Å². The van der Waals surface area contributed by atoms with E-state index in [2.05, 4.69) is 33.0 Å². The Hall–Kier alpha value is -0.0400. The Balaban J connectivity index is 1.91. The van der Waals surface area contributed by atoms with Crippen LogP contribution in [0.3, 0.4) is 0 Å². The van der Waals surface area contributed by atoms with Crippen molar-refractivity contribution in [3.05, 3.63) is 0 Å². The van der Waals surface area contributed by atoms with E-state index >= 15 is 0 Å². The first-order valence-electron chi connectivity index (χ1n) is 7.24. The summed E-state index contributed by atoms with van der Waals surface area (Å²) in [6.45, 7) is 10.5. The number of rotatable bonds is 4. The molecule has 4 unspecified atom stereocenters. The van der Waals surface area contributed by atoms with Gasteiger partial charge in [0.15, 0.2) is 0 Å². The summed E-state index contributed by atoms with van der Waals surface area (Å²) in [5, 5.41) is 3.71. The van der Waals surface area contributed by atoms with Crippen molar-refractivity contribution in [2.45, 2.75) is 65.8 Å². The van der Waals surface area contributed by atoms with Gasteiger partial charge < -0.3 is 5.32 Å². The van der Waals surface area contributed by atoms with Gasteiger partial charge in [-0.15, -0.1) is 0 Å². The van der Waals surface area contributed by atoms with Gasteiger partial charge in [0.2, 0.25) is 0 Å². The van der Waals surface area contributed by atoms with E-state index in [-0.39, 0.29) is 0 Å². The molecule has 2 aliphatic rings. The van der Waals surface area contributed by atoms with Gasteiger partial charge in [0.1, 0.15) is 0 Å². The van der Waals surface area contributed by atoms with Crippen molar-refractivity contribution in [1.29, 1.82) is 0 Å². The van der Waals surface area contributed by atoms with Crippen molar-refractivity contribution in [2.75, 3.05) is 6.54 Å². The maximum absolute atomic E-state index is 3.71. The van der Waals surface area contributed by atoms with Gasteiger partial charge >= 0.3 is 0 Å². The zero-order valence-corrected chi connectivity index (χ0v) is 11.6. The molecule has 1 heteroatoms. The van der Waals surface area contributed by atoms with Crippen LogP contribution < -0.4 is 5.32 Å². The molecule has 0 amide bonds.